The van der Waals surface area contributed by atoms with Crippen LogP contribution in [0, 0.1) is 10.8 Å². The first-order valence-corrected chi connectivity index (χ1v) is 20.9. The Morgan fingerprint density at radius 2 is 1.32 bits per heavy atom. The van der Waals surface area contributed by atoms with Gasteiger partial charge in [0.05, 0.1) is 10.8 Å². The van der Waals surface area contributed by atoms with Gasteiger partial charge in [-0.1, -0.05) is 96.5 Å². The van der Waals surface area contributed by atoms with E-state index in [0.29, 0.717) is 35.7 Å². The summed E-state index contributed by atoms with van der Waals surface area (Å²) < 4.78 is 16.0. The molecular weight excluding hydrogens is 701 g/mol. The van der Waals surface area contributed by atoms with Crippen LogP contribution in [0.2, 0.25) is 0 Å². The quantitative estimate of drug-likeness (QED) is 0.228. The molecule has 0 spiro atoms. The number of ether oxygens (including phenoxy) is 3. The zero-order chi connectivity index (χ0) is 42.0. The molecule has 7 heteroatoms. The van der Waals surface area contributed by atoms with Crippen molar-refractivity contribution in [3.63, 3.8) is 0 Å². The summed E-state index contributed by atoms with van der Waals surface area (Å²) in [4.78, 5) is 35.3. The van der Waals surface area contributed by atoms with Gasteiger partial charge in [-0.05, 0) is 151 Å². The van der Waals surface area contributed by atoms with Gasteiger partial charge in [-0.3, -0.25) is 14.4 Å². The highest BCUT2D eigenvalue weighted by Gasteiger charge is 2.37. The lowest BCUT2D eigenvalue weighted by atomic mass is 9.85. The smallest absolute Gasteiger partial charge is 0.317 e. The van der Waals surface area contributed by atoms with Crippen molar-refractivity contribution in [1.82, 2.24) is 0 Å². The van der Waals surface area contributed by atoms with E-state index in [2.05, 4.69) is 71.0 Å². The van der Waals surface area contributed by atoms with Gasteiger partial charge < -0.3 is 19.3 Å². The van der Waals surface area contributed by atoms with Crippen LogP contribution in [0.4, 0.5) is 0 Å². The number of esters is 2. The van der Waals surface area contributed by atoms with Crippen LogP contribution >= 0.6 is 0 Å². The van der Waals surface area contributed by atoms with E-state index in [4.69, 9.17) is 19.3 Å². The Kier molecular flexibility index (Phi) is 16.4. The van der Waals surface area contributed by atoms with Gasteiger partial charge in [0.25, 0.3) is 0 Å². The number of Topliss-reactive ketones (excluding diaryl/α,β-unsaturated/α-hetero) is 1. The van der Waals surface area contributed by atoms with Crippen LogP contribution in [0.25, 0.3) is 10.8 Å². The predicted octanol–water partition coefficient (Wildman–Crippen LogP) is 12.8. The van der Waals surface area contributed by atoms with Gasteiger partial charge in [0.2, 0.25) is 11.5 Å². The predicted molar refractivity (Wildman–Crippen MR) is 228 cm³/mol. The first-order chi connectivity index (χ1) is 26.2. The average Bonchev–Trinajstić information content (AvgIpc) is 3.57. The molecule has 1 fully saturated rings. The third-order valence-electron chi connectivity index (χ3n) is 12.4. The molecule has 3 aliphatic rings. The lowest BCUT2D eigenvalue weighted by molar-refractivity contribution is -0.172. The molecule has 308 valence electrons. The highest BCUT2D eigenvalue weighted by Crippen LogP contribution is 2.46. The molecule has 0 saturated heterocycles. The summed E-state index contributed by atoms with van der Waals surface area (Å²) in [7, 11) is 0. The SMILES string of the molecule is CC1c2cccc3cccc(c23)C1C.CCC(C)(C)C(=O)OC1(C)CCCCC1.CCC(C)(C)C(=O)OC1=C(C)OC(C)C1=O.CCC(C)c1ccc(O)cc1. The van der Waals surface area contributed by atoms with Crippen molar-refractivity contribution in [1.29, 1.82) is 0 Å². The van der Waals surface area contributed by atoms with Gasteiger partial charge in [0, 0.05) is 0 Å². The molecular formula is C49H70O7. The van der Waals surface area contributed by atoms with Crippen molar-refractivity contribution in [2.75, 3.05) is 0 Å². The van der Waals surface area contributed by atoms with Gasteiger partial charge in [-0.2, -0.15) is 0 Å². The molecule has 1 heterocycles. The van der Waals surface area contributed by atoms with Gasteiger partial charge in [-0.25, -0.2) is 0 Å². The largest absolute Gasteiger partial charge is 0.508 e. The molecule has 4 unspecified atom stereocenters. The highest BCUT2D eigenvalue weighted by molar-refractivity contribution is 6.01. The molecule has 7 nitrogen and oxygen atoms in total. The van der Waals surface area contributed by atoms with E-state index in [0.717, 1.165) is 25.7 Å². The third-order valence-corrected chi connectivity index (χ3v) is 12.4. The highest BCUT2D eigenvalue weighted by atomic mass is 16.6. The van der Waals surface area contributed by atoms with E-state index >= 15 is 0 Å². The van der Waals surface area contributed by atoms with Crippen LogP contribution in [0.1, 0.15) is 176 Å². The molecule has 0 amide bonds. The Hall–Kier alpha value is -4.13. The summed E-state index contributed by atoms with van der Waals surface area (Å²) in [6.45, 7) is 25.8. The number of hydrogen-bond acceptors (Lipinski definition) is 7. The van der Waals surface area contributed by atoms with Crippen LogP contribution in [0.5, 0.6) is 5.75 Å². The zero-order valence-electron chi connectivity index (χ0n) is 36.6. The van der Waals surface area contributed by atoms with Crippen molar-refractivity contribution in [3.8, 4) is 5.75 Å². The maximum atomic E-state index is 11.9. The summed E-state index contributed by atoms with van der Waals surface area (Å²) in [6.07, 6.45) is 7.80. The van der Waals surface area contributed by atoms with Crippen molar-refractivity contribution in [2.24, 2.45) is 10.8 Å². The summed E-state index contributed by atoms with van der Waals surface area (Å²) in [5, 5.41) is 11.9. The number of phenols is 1. The van der Waals surface area contributed by atoms with Crippen molar-refractivity contribution in [2.45, 2.75) is 171 Å². The minimum Gasteiger partial charge on any atom is -0.508 e. The third kappa shape index (κ3) is 11.7. The Morgan fingerprint density at radius 3 is 1.77 bits per heavy atom. The summed E-state index contributed by atoms with van der Waals surface area (Å²) >= 11 is 0. The van der Waals surface area contributed by atoms with Crippen molar-refractivity contribution < 1.29 is 33.7 Å². The number of carbonyl (C=O) groups excluding carboxylic acids is 3. The van der Waals surface area contributed by atoms with Crippen LogP contribution < -0.4 is 0 Å². The van der Waals surface area contributed by atoms with Crippen LogP contribution in [0.15, 0.2) is 72.2 Å². The lowest BCUT2D eigenvalue weighted by Crippen LogP contribution is -2.38. The molecule has 4 atom stereocenters. The molecule has 0 bridgehead atoms. The standard InChI is InChI=1S/C14H14.C13H24O2.C12H18O4.C10H14O/c1-9-10(2)13-8-4-6-11-5-3-7-12(9)14(11)13;1-5-12(2,3)11(14)15-13(4)9-7-6-8-10-13;1-6-12(4,5)11(14)16-10-8(3)15-7(2)9(10)13;1-3-8(2)9-4-6-10(11)7-5-9/h3-10H,1-2H3;5-10H2,1-4H3;7H,6H2,1-5H3;4-8,11H,3H2,1-2H3. The molecule has 0 radical (unpaired) electrons. The number of carbonyl (C=O) groups is 3. The molecule has 1 saturated carbocycles. The second-order valence-corrected chi connectivity index (χ2v) is 17.5. The van der Waals surface area contributed by atoms with E-state index in [1.807, 2.05) is 39.8 Å². The minimum absolute atomic E-state index is 0.0330. The summed E-state index contributed by atoms with van der Waals surface area (Å²) in [6, 6.07) is 20.8. The molecule has 56 heavy (non-hydrogen) atoms. The number of ketones is 1. The second-order valence-electron chi connectivity index (χ2n) is 17.5. The van der Waals surface area contributed by atoms with Gasteiger partial charge in [0.15, 0.2) is 6.10 Å². The van der Waals surface area contributed by atoms with Crippen LogP contribution in [-0.4, -0.2) is 34.5 Å². The number of rotatable bonds is 8. The number of aromatic hydroxyl groups is 1. The van der Waals surface area contributed by atoms with Crippen LogP contribution in [-0.2, 0) is 28.6 Å². The molecule has 3 aromatic rings. The van der Waals surface area contributed by atoms with Crippen molar-refractivity contribution in [3.05, 3.63) is 88.9 Å². The van der Waals surface area contributed by atoms with Gasteiger partial charge in [-0.15, -0.1) is 0 Å². The second kappa shape index (κ2) is 19.8. The van der Waals surface area contributed by atoms with E-state index in [9.17, 15) is 14.4 Å². The van der Waals surface area contributed by atoms with E-state index in [1.54, 1.807) is 39.8 Å². The van der Waals surface area contributed by atoms with E-state index < -0.39 is 17.5 Å². The lowest BCUT2D eigenvalue weighted by Gasteiger charge is -2.36. The maximum Gasteiger partial charge on any atom is 0.317 e. The fourth-order valence-corrected chi connectivity index (χ4v) is 6.87. The average molecular weight is 771 g/mol. The number of hydrogen-bond donors (Lipinski definition) is 1. The normalized spacial score (nSPS) is 20.3. The molecule has 3 aromatic carbocycles. The summed E-state index contributed by atoms with van der Waals surface area (Å²) in [5.41, 5.74) is 3.25. The number of phenolic OH excluding ortho intramolecular Hbond substituents is 1. The number of benzene rings is 3. The summed E-state index contributed by atoms with van der Waals surface area (Å²) in [5.74, 6) is 2.04. The fraction of sp³-hybridized carbons (Fsp3) is 0.571. The molecule has 0 aromatic heterocycles. The Labute approximate surface area is 337 Å². The molecule has 1 aliphatic heterocycles. The van der Waals surface area contributed by atoms with Crippen LogP contribution in [0.3, 0.4) is 0 Å². The Morgan fingerprint density at radius 1 is 0.821 bits per heavy atom. The minimum atomic E-state index is -0.584. The number of allylic oxidation sites excluding steroid dienone is 1. The van der Waals surface area contributed by atoms with E-state index in [-0.39, 0.29) is 28.5 Å². The molecule has 6 rings (SSSR count). The Balaban J connectivity index is 0.000000202. The first-order valence-electron chi connectivity index (χ1n) is 20.9. The molecule has 2 aliphatic carbocycles. The first kappa shape index (κ1) is 46.3. The topological polar surface area (TPSA) is 99.1 Å². The van der Waals surface area contributed by atoms with Gasteiger partial charge in [0.1, 0.15) is 17.1 Å². The zero-order valence-corrected chi connectivity index (χ0v) is 36.6. The fourth-order valence-electron chi connectivity index (χ4n) is 6.87. The monoisotopic (exact) mass is 771 g/mol. The molecule has 1 N–H and O–H groups in total. The van der Waals surface area contributed by atoms with E-state index in [1.165, 1.54) is 46.7 Å². The Bertz CT molecular complexity index is 1770. The van der Waals surface area contributed by atoms with Gasteiger partial charge >= 0.3 is 11.9 Å². The maximum absolute atomic E-state index is 11.9. The van der Waals surface area contributed by atoms with Crippen molar-refractivity contribution >= 4 is 28.5 Å².